The number of anilines is 1. The van der Waals surface area contributed by atoms with Crippen LogP contribution in [0.3, 0.4) is 0 Å². The zero-order chi connectivity index (χ0) is 9.97. The Bertz CT molecular complexity index is 321. The van der Waals surface area contributed by atoms with Crippen LogP contribution < -0.4 is 5.32 Å². The minimum Gasteiger partial charge on any atom is -0.505 e. The third-order valence-electron chi connectivity index (χ3n) is 2.67. The fourth-order valence-electron chi connectivity index (χ4n) is 1.90. The molecule has 1 aromatic rings. The van der Waals surface area contributed by atoms with Gasteiger partial charge in [-0.05, 0) is 25.0 Å². The number of phenols is 1. The molecule has 0 radical (unpaired) electrons. The Balaban J connectivity index is 2.05. The van der Waals surface area contributed by atoms with E-state index in [0.717, 1.165) is 18.5 Å². The predicted octanol–water partition coefficient (Wildman–Crippen LogP) is 2.89. The van der Waals surface area contributed by atoms with Crippen LogP contribution in [0.25, 0.3) is 0 Å². The third kappa shape index (κ3) is 1.97. The highest BCUT2D eigenvalue weighted by molar-refractivity contribution is 5.47. The van der Waals surface area contributed by atoms with Gasteiger partial charge in [0.2, 0.25) is 0 Å². The standard InChI is InChI=1S/C11H14FNO/c12-10-7-9(5-6-11(10)14)13-8-3-1-2-4-8/h5-8,13-14H,1-4H2. The average Bonchev–Trinajstić information content (AvgIpc) is 2.64. The number of hydrogen-bond donors (Lipinski definition) is 2. The molecule has 0 heterocycles. The van der Waals surface area contributed by atoms with Crippen LogP contribution in [0.1, 0.15) is 25.7 Å². The number of rotatable bonds is 2. The van der Waals surface area contributed by atoms with Crippen molar-refractivity contribution >= 4 is 5.69 Å². The highest BCUT2D eigenvalue weighted by Gasteiger charge is 2.14. The first-order chi connectivity index (χ1) is 6.75. The summed E-state index contributed by atoms with van der Waals surface area (Å²) < 4.78 is 13.0. The first-order valence-electron chi connectivity index (χ1n) is 5.01. The van der Waals surface area contributed by atoms with E-state index in [9.17, 15) is 4.39 Å². The molecule has 0 unspecified atom stereocenters. The quantitative estimate of drug-likeness (QED) is 0.711. The van der Waals surface area contributed by atoms with Crippen molar-refractivity contribution in [3.05, 3.63) is 24.0 Å². The molecule has 1 aliphatic rings. The van der Waals surface area contributed by atoms with Gasteiger partial charge in [0.05, 0.1) is 0 Å². The summed E-state index contributed by atoms with van der Waals surface area (Å²) >= 11 is 0. The van der Waals surface area contributed by atoms with E-state index in [1.807, 2.05) is 0 Å². The van der Waals surface area contributed by atoms with E-state index in [-0.39, 0.29) is 5.75 Å². The lowest BCUT2D eigenvalue weighted by Crippen LogP contribution is -2.14. The molecule has 1 aromatic carbocycles. The zero-order valence-electron chi connectivity index (χ0n) is 7.96. The number of hydrogen-bond acceptors (Lipinski definition) is 2. The molecule has 0 bridgehead atoms. The minimum absolute atomic E-state index is 0.290. The van der Waals surface area contributed by atoms with Crippen molar-refractivity contribution in [2.45, 2.75) is 31.7 Å². The highest BCUT2D eigenvalue weighted by Crippen LogP contribution is 2.24. The zero-order valence-corrected chi connectivity index (χ0v) is 7.96. The normalized spacial score (nSPS) is 17.2. The summed E-state index contributed by atoms with van der Waals surface area (Å²) in [5.41, 5.74) is 0.757. The molecular formula is C11H14FNO. The summed E-state index contributed by atoms with van der Waals surface area (Å²) in [6, 6.07) is 4.90. The summed E-state index contributed by atoms with van der Waals surface area (Å²) in [4.78, 5) is 0. The maximum Gasteiger partial charge on any atom is 0.166 e. The second-order valence-electron chi connectivity index (χ2n) is 3.79. The smallest absolute Gasteiger partial charge is 0.166 e. The second kappa shape index (κ2) is 3.86. The summed E-state index contributed by atoms with van der Waals surface area (Å²) in [5.74, 6) is -0.852. The molecule has 0 amide bonds. The maximum absolute atomic E-state index is 13.0. The maximum atomic E-state index is 13.0. The van der Waals surface area contributed by atoms with Gasteiger partial charge in [-0.2, -0.15) is 0 Å². The van der Waals surface area contributed by atoms with Gasteiger partial charge in [0, 0.05) is 17.8 Å². The van der Waals surface area contributed by atoms with Crippen molar-refractivity contribution in [2.75, 3.05) is 5.32 Å². The van der Waals surface area contributed by atoms with Crippen LogP contribution in [-0.4, -0.2) is 11.1 Å². The van der Waals surface area contributed by atoms with Gasteiger partial charge in [0.25, 0.3) is 0 Å². The number of phenolic OH excluding ortho intramolecular Hbond substituents is 1. The van der Waals surface area contributed by atoms with E-state index in [1.54, 1.807) is 6.07 Å². The molecule has 0 saturated heterocycles. The Morgan fingerprint density at radius 1 is 1.29 bits per heavy atom. The number of aromatic hydroxyl groups is 1. The third-order valence-corrected chi connectivity index (χ3v) is 2.67. The lowest BCUT2D eigenvalue weighted by Gasteiger charge is -2.13. The first kappa shape index (κ1) is 9.31. The lowest BCUT2D eigenvalue weighted by molar-refractivity contribution is 0.432. The Morgan fingerprint density at radius 2 is 2.00 bits per heavy atom. The highest BCUT2D eigenvalue weighted by atomic mass is 19.1. The predicted molar refractivity (Wildman–Crippen MR) is 53.9 cm³/mol. The average molecular weight is 195 g/mol. The molecule has 0 aliphatic heterocycles. The molecule has 1 fully saturated rings. The Kier molecular flexibility index (Phi) is 2.57. The molecule has 2 N–H and O–H groups in total. The fourth-order valence-corrected chi connectivity index (χ4v) is 1.90. The van der Waals surface area contributed by atoms with Gasteiger partial charge in [-0.3, -0.25) is 0 Å². The van der Waals surface area contributed by atoms with Crippen molar-refractivity contribution in [3.8, 4) is 5.75 Å². The summed E-state index contributed by atoms with van der Waals surface area (Å²) in [6.45, 7) is 0. The molecule has 3 heteroatoms. The van der Waals surface area contributed by atoms with Gasteiger partial charge in [0.15, 0.2) is 11.6 Å². The van der Waals surface area contributed by atoms with Gasteiger partial charge in [-0.15, -0.1) is 0 Å². The molecular weight excluding hydrogens is 181 g/mol. The largest absolute Gasteiger partial charge is 0.505 e. The van der Waals surface area contributed by atoms with Crippen molar-refractivity contribution < 1.29 is 9.50 Å². The van der Waals surface area contributed by atoms with Gasteiger partial charge in [-0.1, -0.05) is 12.8 Å². The summed E-state index contributed by atoms with van der Waals surface area (Å²) in [6.07, 6.45) is 4.81. The molecule has 1 aliphatic carbocycles. The molecule has 2 rings (SSSR count). The topological polar surface area (TPSA) is 32.3 Å². The van der Waals surface area contributed by atoms with Gasteiger partial charge in [0.1, 0.15) is 0 Å². The molecule has 1 saturated carbocycles. The second-order valence-corrected chi connectivity index (χ2v) is 3.79. The SMILES string of the molecule is Oc1ccc(NC2CCCC2)cc1F. The molecule has 0 spiro atoms. The Morgan fingerprint density at radius 3 is 2.64 bits per heavy atom. The van der Waals surface area contributed by atoms with Crippen LogP contribution in [0.2, 0.25) is 0 Å². The van der Waals surface area contributed by atoms with E-state index >= 15 is 0 Å². The van der Waals surface area contributed by atoms with E-state index in [2.05, 4.69) is 5.32 Å². The van der Waals surface area contributed by atoms with Crippen LogP contribution in [0, 0.1) is 5.82 Å². The van der Waals surface area contributed by atoms with E-state index in [4.69, 9.17) is 5.11 Å². The molecule has 2 nitrogen and oxygen atoms in total. The summed E-state index contributed by atoms with van der Waals surface area (Å²) in [5, 5.41) is 12.3. The van der Waals surface area contributed by atoms with Crippen LogP contribution in [0.15, 0.2) is 18.2 Å². The first-order valence-corrected chi connectivity index (χ1v) is 5.01. The summed E-state index contributed by atoms with van der Waals surface area (Å²) in [7, 11) is 0. The van der Waals surface area contributed by atoms with Gasteiger partial charge >= 0.3 is 0 Å². The Hall–Kier alpha value is -1.25. The van der Waals surface area contributed by atoms with Crippen LogP contribution >= 0.6 is 0 Å². The fraction of sp³-hybridized carbons (Fsp3) is 0.455. The number of benzene rings is 1. The molecule has 0 aromatic heterocycles. The minimum atomic E-state index is -0.562. The van der Waals surface area contributed by atoms with Gasteiger partial charge in [-0.25, -0.2) is 4.39 Å². The number of nitrogens with one attached hydrogen (secondary N) is 1. The van der Waals surface area contributed by atoms with E-state index in [1.165, 1.54) is 25.0 Å². The molecule has 76 valence electrons. The van der Waals surface area contributed by atoms with Crippen molar-refractivity contribution in [2.24, 2.45) is 0 Å². The van der Waals surface area contributed by atoms with Crippen molar-refractivity contribution in [1.82, 2.24) is 0 Å². The van der Waals surface area contributed by atoms with Crippen LogP contribution in [-0.2, 0) is 0 Å². The Labute approximate surface area is 82.8 Å². The van der Waals surface area contributed by atoms with E-state index in [0.29, 0.717) is 6.04 Å². The van der Waals surface area contributed by atoms with Crippen LogP contribution in [0.5, 0.6) is 5.75 Å². The number of halogens is 1. The molecule has 14 heavy (non-hydrogen) atoms. The molecule has 0 atom stereocenters. The van der Waals surface area contributed by atoms with Gasteiger partial charge < -0.3 is 10.4 Å². The van der Waals surface area contributed by atoms with Crippen molar-refractivity contribution in [1.29, 1.82) is 0 Å². The van der Waals surface area contributed by atoms with Crippen LogP contribution in [0.4, 0.5) is 10.1 Å². The lowest BCUT2D eigenvalue weighted by atomic mass is 10.2. The van der Waals surface area contributed by atoms with E-state index < -0.39 is 5.82 Å². The monoisotopic (exact) mass is 195 g/mol. The van der Waals surface area contributed by atoms with Crippen molar-refractivity contribution in [3.63, 3.8) is 0 Å².